The van der Waals surface area contributed by atoms with Crippen LogP contribution in [-0.4, -0.2) is 21.3 Å². The Morgan fingerprint density at radius 3 is 2.26 bits per heavy atom. The van der Waals surface area contributed by atoms with Crippen molar-refractivity contribution in [1.82, 2.24) is 14.6 Å². The minimum atomic E-state index is -0.245. The molecule has 0 fully saturated rings. The first-order chi connectivity index (χ1) is 18.5. The Hall–Kier alpha value is -4.64. The van der Waals surface area contributed by atoms with Crippen LogP contribution < -0.4 is 5.43 Å². The second-order valence-corrected chi connectivity index (χ2v) is 9.45. The number of nitrogens with zero attached hydrogens (tertiary/aromatic N) is 3. The van der Waals surface area contributed by atoms with Gasteiger partial charge in [0.15, 0.2) is 0 Å². The van der Waals surface area contributed by atoms with Crippen molar-refractivity contribution in [3.63, 3.8) is 0 Å². The fraction of sp³-hybridized carbons (Fsp3) is 0.152. The molecular weight excluding hydrogens is 468 g/mol. The van der Waals surface area contributed by atoms with Crippen LogP contribution in [0.3, 0.4) is 0 Å². The van der Waals surface area contributed by atoms with E-state index in [1.165, 1.54) is 11.3 Å². The van der Waals surface area contributed by atoms with Gasteiger partial charge in [0.1, 0.15) is 0 Å². The van der Waals surface area contributed by atoms with E-state index in [1.54, 1.807) is 6.21 Å². The number of hydrazone groups is 1. The van der Waals surface area contributed by atoms with Crippen LogP contribution in [0.15, 0.2) is 102 Å². The number of aryl methyl sites for hydroxylation is 3. The van der Waals surface area contributed by atoms with E-state index in [-0.39, 0.29) is 5.91 Å². The average Bonchev–Trinajstić information content (AvgIpc) is 3.47. The van der Waals surface area contributed by atoms with Gasteiger partial charge in [-0.05, 0) is 86.8 Å². The van der Waals surface area contributed by atoms with Gasteiger partial charge in [-0.2, -0.15) is 5.10 Å². The number of rotatable bonds is 7. The fourth-order valence-electron chi connectivity index (χ4n) is 5.02. The number of amides is 1. The van der Waals surface area contributed by atoms with Gasteiger partial charge in [-0.15, -0.1) is 0 Å². The number of carbonyl (C=O) groups excluding carboxylic acids is 1. The number of benzene rings is 3. The normalized spacial score (nSPS) is 11.3. The van der Waals surface area contributed by atoms with E-state index < -0.39 is 0 Å². The van der Waals surface area contributed by atoms with Gasteiger partial charge in [0.2, 0.25) is 0 Å². The van der Waals surface area contributed by atoms with Crippen LogP contribution in [0.2, 0.25) is 0 Å². The zero-order valence-electron chi connectivity index (χ0n) is 22.3. The highest BCUT2D eigenvalue weighted by molar-refractivity contribution is 5.95. The lowest BCUT2D eigenvalue weighted by molar-refractivity contribution is 0.0955. The summed E-state index contributed by atoms with van der Waals surface area (Å²) >= 11 is 0. The summed E-state index contributed by atoms with van der Waals surface area (Å²) in [7, 11) is 0. The van der Waals surface area contributed by atoms with Crippen LogP contribution in [0.25, 0.3) is 22.6 Å². The molecule has 0 bridgehead atoms. The SMILES string of the molecule is CCc1ccccc1-n1c(C)cc(/C=N/NC(=O)c2ccc(-n3c(C)ccc3-c3ccccc3)cc2)c1C. The topological polar surface area (TPSA) is 51.3 Å². The molecule has 2 aromatic heterocycles. The molecular formula is C33H32N4O. The van der Waals surface area contributed by atoms with Crippen LogP contribution >= 0.6 is 0 Å². The van der Waals surface area contributed by atoms with Gasteiger partial charge in [-0.3, -0.25) is 4.79 Å². The first-order valence-electron chi connectivity index (χ1n) is 12.9. The molecule has 0 saturated carbocycles. The minimum absolute atomic E-state index is 0.245. The van der Waals surface area contributed by atoms with Crippen molar-refractivity contribution in [2.45, 2.75) is 34.1 Å². The maximum absolute atomic E-state index is 12.8. The largest absolute Gasteiger partial charge is 0.318 e. The molecule has 0 radical (unpaired) electrons. The molecule has 38 heavy (non-hydrogen) atoms. The predicted octanol–water partition coefficient (Wildman–Crippen LogP) is 7.19. The van der Waals surface area contributed by atoms with E-state index in [4.69, 9.17) is 0 Å². The molecule has 5 heteroatoms. The van der Waals surface area contributed by atoms with E-state index in [0.717, 1.165) is 46.0 Å². The van der Waals surface area contributed by atoms with Gasteiger partial charge < -0.3 is 9.13 Å². The number of aromatic nitrogens is 2. The van der Waals surface area contributed by atoms with E-state index >= 15 is 0 Å². The van der Waals surface area contributed by atoms with Crippen molar-refractivity contribution in [2.24, 2.45) is 5.10 Å². The third kappa shape index (κ3) is 4.83. The monoisotopic (exact) mass is 500 g/mol. The van der Waals surface area contributed by atoms with Gasteiger partial charge in [-0.1, -0.05) is 55.5 Å². The maximum Gasteiger partial charge on any atom is 0.271 e. The van der Waals surface area contributed by atoms with Crippen LogP contribution in [0.1, 0.15) is 45.5 Å². The molecule has 2 heterocycles. The molecule has 1 amide bonds. The smallest absolute Gasteiger partial charge is 0.271 e. The van der Waals surface area contributed by atoms with E-state index in [1.807, 2.05) is 42.5 Å². The molecule has 0 atom stereocenters. The lowest BCUT2D eigenvalue weighted by atomic mass is 10.1. The van der Waals surface area contributed by atoms with Crippen LogP contribution in [0.4, 0.5) is 0 Å². The van der Waals surface area contributed by atoms with Crippen molar-refractivity contribution >= 4 is 12.1 Å². The van der Waals surface area contributed by atoms with Gasteiger partial charge in [0.05, 0.1) is 11.9 Å². The Balaban J connectivity index is 1.32. The molecule has 0 saturated heterocycles. The number of para-hydroxylation sites is 1. The third-order valence-electron chi connectivity index (χ3n) is 6.99. The second kappa shape index (κ2) is 10.8. The summed E-state index contributed by atoms with van der Waals surface area (Å²) in [5.74, 6) is -0.245. The minimum Gasteiger partial charge on any atom is -0.318 e. The number of carbonyl (C=O) groups is 1. The highest BCUT2D eigenvalue weighted by Crippen LogP contribution is 2.27. The lowest BCUT2D eigenvalue weighted by Crippen LogP contribution is -2.17. The Bertz CT molecular complexity index is 1610. The van der Waals surface area contributed by atoms with E-state index in [2.05, 4.69) is 102 Å². The molecule has 3 aromatic carbocycles. The summed E-state index contributed by atoms with van der Waals surface area (Å²) in [4.78, 5) is 12.8. The summed E-state index contributed by atoms with van der Waals surface area (Å²) < 4.78 is 4.44. The van der Waals surface area contributed by atoms with Gasteiger partial charge in [0, 0.05) is 39.6 Å². The van der Waals surface area contributed by atoms with Gasteiger partial charge in [0.25, 0.3) is 5.91 Å². The number of hydrogen-bond acceptors (Lipinski definition) is 2. The molecule has 5 aromatic rings. The molecule has 0 aliphatic rings. The molecule has 1 N–H and O–H groups in total. The summed E-state index contributed by atoms with van der Waals surface area (Å²) in [6.45, 7) is 8.42. The highest BCUT2D eigenvalue weighted by Gasteiger charge is 2.13. The van der Waals surface area contributed by atoms with E-state index in [0.29, 0.717) is 5.56 Å². The Labute approximate surface area is 224 Å². The van der Waals surface area contributed by atoms with Crippen molar-refractivity contribution in [3.05, 3.63) is 131 Å². The summed E-state index contributed by atoms with van der Waals surface area (Å²) in [6, 6.07) is 32.7. The first-order valence-corrected chi connectivity index (χ1v) is 12.9. The van der Waals surface area contributed by atoms with Crippen molar-refractivity contribution in [1.29, 1.82) is 0 Å². The van der Waals surface area contributed by atoms with Crippen molar-refractivity contribution < 1.29 is 4.79 Å². The fourth-order valence-corrected chi connectivity index (χ4v) is 5.02. The molecule has 0 aliphatic carbocycles. The zero-order valence-corrected chi connectivity index (χ0v) is 22.3. The standard InChI is InChI=1S/C33H32N4O/c1-5-26-11-9-10-14-31(26)36-24(3)21-29(25(36)4)22-34-35-33(38)28-16-18-30(19-17-28)37-23(2)15-20-32(37)27-12-7-6-8-13-27/h6-22H,5H2,1-4H3,(H,35,38)/b34-22+. The summed E-state index contributed by atoms with van der Waals surface area (Å²) in [5, 5.41) is 4.27. The summed E-state index contributed by atoms with van der Waals surface area (Å²) in [6.07, 6.45) is 2.68. The summed E-state index contributed by atoms with van der Waals surface area (Å²) in [5.41, 5.74) is 13.3. The first kappa shape index (κ1) is 25.0. The quantitative estimate of drug-likeness (QED) is 0.187. The molecule has 190 valence electrons. The molecule has 5 rings (SSSR count). The Kier molecular flexibility index (Phi) is 7.09. The predicted molar refractivity (Wildman–Crippen MR) is 156 cm³/mol. The zero-order chi connectivity index (χ0) is 26.6. The molecule has 0 aliphatic heterocycles. The highest BCUT2D eigenvalue weighted by atomic mass is 16.2. The Morgan fingerprint density at radius 2 is 1.53 bits per heavy atom. The lowest BCUT2D eigenvalue weighted by Gasteiger charge is -2.13. The van der Waals surface area contributed by atoms with Gasteiger partial charge in [-0.25, -0.2) is 5.43 Å². The molecule has 0 spiro atoms. The molecule has 5 nitrogen and oxygen atoms in total. The molecule has 0 unspecified atom stereocenters. The number of hydrogen-bond donors (Lipinski definition) is 1. The van der Waals surface area contributed by atoms with Crippen molar-refractivity contribution in [3.8, 4) is 22.6 Å². The average molecular weight is 501 g/mol. The van der Waals surface area contributed by atoms with Crippen LogP contribution in [0.5, 0.6) is 0 Å². The van der Waals surface area contributed by atoms with Gasteiger partial charge >= 0.3 is 0 Å². The second-order valence-electron chi connectivity index (χ2n) is 9.45. The maximum atomic E-state index is 12.8. The third-order valence-corrected chi connectivity index (χ3v) is 6.99. The van der Waals surface area contributed by atoms with Crippen LogP contribution in [-0.2, 0) is 6.42 Å². The van der Waals surface area contributed by atoms with E-state index in [9.17, 15) is 4.79 Å². The van der Waals surface area contributed by atoms with Crippen molar-refractivity contribution in [2.75, 3.05) is 0 Å². The van der Waals surface area contributed by atoms with Crippen LogP contribution in [0, 0.1) is 20.8 Å². The number of nitrogens with one attached hydrogen (secondary N) is 1. The Morgan fingerprint density at radius 1 is 0.816 bits per heavy atom.